The topological polar surface area (TPSA) is 69.6 Å². The van der Waals surface area contributed by atoms with Gasteiger partial charge in [0.25, 0.3) is 0 Å². The third kappa shape index (κ3) is 4.11. The maximum Gasteiger partial charge on any atom is 0.152 e. The Kier molecular flexibility index (Phi) is 5.11. The Balaban J connectivity index is 2.16. The summed E-state index contributed by atoms with van der Waals surface area (Å²) in [5.74, 6) is 0.696. The van der Waals surface area contributed by atoms with Crippen molar-refractivity contribution in [2.75, 3.05) is 36.0 Å². The van der Waals surface area contributed by atoms with Crippen molar-refractivity contribution in [2.45, 2.75) is 26.3 Å². The van der Waals surface area contributed by atoms with Crippen LogP contribution < -0.4 is 10.2 Å². The van der Waals surface area contributed by atoms with Crippen LogP contribution in [0.15, 0.2) is 18.2 Å². The molecule has 0 spiro atoms. The molecule has 1 aromatic carbocycles. The number of phenols is 1. The summed E-state index contributed by atoms with van der Waals surface area (Å²) in [6, 6.07) is 5.70. The molecule has 6 heteroatoms. The number of aromatic hydroxyl groups is 1. The van der Waals surface area contributed by atoms with Crippen LogP contribution in [0.1, 0.15) is 31.9 Å². The Morgan fingerprint density at radius 3 is 2.76 bits per heavy atom. The summed E-state index contributed by atoms with van der Waals surface area (Å²) in [4.78, 5) is 2.03. The second-order valence-electron chi connectivity index (χ2n) is 5.51. The van der Waals surface area contributed by atoms with Gasteiger partial charge in [0.2, 0.25) is 0 Å². The lowest BCUT2D eigenvalue weighted by Gasteiger charge is -2.23. The Morgan fingerprint density at radius 1 is 1.33 bits per heavy atom. The van der Waals surface area contributed by atoms with Crippen molar-refractivity contribution >= 4 is 15.5 Å². The van der Waals surface area contributed by atoms with Gasteiger partial charge in [-0.1, -0.05) is 13.0 Å². The highest BCUT2D eigenvalue weighted by molar-refractivity contribution is 7.91. The number of sulfone groups is 1. The van der Waals surface area contributed by atoms with Gasteiger partial charge < -0.3 is 15.3 Å². The van der Waals surface area contributed by atoms with Crippen molar-refractivity contribution in [3.8, 4) is 5.75 Å². The molecule has 118 valence electrons. The molecule has 1 atom stereocenters. The van der Waals surface area contributed by atoms with Crippen LogP contribution in [0.5, 0.6) is 5.75 Å². The van der Waals surface area contributed by atoms with Gasteiger partial charge in [0.15, 0.2) is 9.84 Å². The third-order valence-electron chi connectivity index (χ3n) is 3.91. The fourth-order valence-corrected chi connectivity index (χ4v) is 3.98. The molecule has 1 unspecified atom stereocenters. The lowest BCUT2D eigenvalue weighted by atomic mass is 10.1. The summed E-state index contributed by atoms with van der Waals surface area (Å²) in [6.07, 6.45) is 0.638. The lowest BCUT2D eigenvalue weighted by molar-refractivity contribution is 0.454. The number of hydrogen-bond acceptors (Lipinski definition) is 5. The Bertz CT molecular complexity index is 587. The molecular formula is C15H24N2O3S. The van der Waals surface area contributed by atoms with Crippen molar-refractivity contribution in [3.63, 3.8) is 0 Å². The second-order valence-corrected chi connectivity index (χ2v) is 7.82. The Morgan fingerprint density at radius 2 is 2.10 bits per heavy atom. The smallest absolute Gasteiger partial charge is 0.152 e. The monoisotopic (exact) mass is 312 g/mol. The zero-order valence-electron chi connectivity index (χ0n) is 12.7. The number of nitrogens with zero attached hydrogens (tertiary/aromatic N) is 1. The number of anilines is 1. The second kappa shape index (κ2) is 6.66. The van der Waals surface area contributed by atoms with Crippen LogP contribution in [-0.4, -0.2) is 44.7 Å². The number of benzene rings is 1. The highest BCUT2D eigenvalue weighted by Gasteiger charge is 2.20. The van der Waals surface area contributed by atoms with Crippen molar-refractivity contribution < 1.29 is 13.5 Å². The first-order valence-electron chi connectivity index (χ1n) is 7.44. The summed E-state index contributed by atoms with van der Waals surface area (Å²) in [5.41, 5.74) is 1.75. The molecule has 0 bridgehead atoms. The first-order chi connectivity index (χ1) is 9.93. The van der Waals surface area contributed by atoms with Gasteiger partial charge in [-0.05, 0) is 26.0 Å². The third-order valence-corrected chi connectivity index (χ3v) is 5.63. The maximum atomic E-state index is 11.6. The van der Waals surface area contributed by atoms with E-state index >= 15 is 0 Å². The molecule has 1 aliphatic heterocycles. The molecule has 0 radical (unpaired) electrons. The van der Waals surface area contributed by atoms with E-state index in [1.165, 1.54) is 0 Å². The molecule has 0 saturated carbocycles. The quantitative estimate of drug-likeness (QED) is 0.885. The molecule has 1 aliphatic rings. The molecule has 2 N–H and O–H groups in total. The summed E-state index contributed by atoms with van der Waals surface area (Å²) >= 11 is 0. The number of hydrogen-bond donors (Lipinski definition) is 2. The van der Waals surface area contributed by atoms with E-state index in [0.717, 1.165) is 17.8 Å². The van der Waals surface area contributed by atoms with Crippen molar-refractivity contribution in [2.24, 2.45) is 0 Å². The van der Waals surface area contributed by atoms with Crippen LogP contribution in [0.2, 0.25) is 0 Å². The SMILES string of the molecule is CCNC(C)c1ccc(N2CCCS(=O)(=O)CC2)cc1O. The average Bonchev–Trinajstić information content (AvgIpc) is 2.60. The van der Waals surface area contributed by atoms with E-state index in [0.29, 0.717) is 19.5 Å². The lowest BCUT2D eigenvalue weighted by Crippen LogP contribution is -2.26. The van der Waals surface area contributed by atoms with Gasteiger partial charge in [0.1, 0.15) is 5.75 Å². The van der Waals surface area contributed by atoms with Gasteiger partial charge in [-0.3, -0.25) is 0 Å². The molecule has 1 fully saturated rings. The van der Waals surface area contributed by atoms with Gasteiger partial charge in [-0.25, -0.2) is 8.42 Å². The fraction of sp³-hybridized carbons (Fsp3) is 0.600. The summed E-state index contributed by atoms with van der Waals surface area (Å²) in [6.45, 7) is 6.08. The van der Waals surface area contributed by atoms with Gasteiger partial charge in [-0.2, -0.15) is 0 Å². The highest BCUT2D eigenvalue weighted by Crippen LogP contribution is 2.29. The van der Waals surface area contributed by atoms with Crippen LogP contribution in [0.25, 0.3) is 0 Å². The average molecular weight is 312 g/mol. The number of nitrogens with one attached hydrogen (secondary N) is 1. The highest BCUT2D eigenvalue weighted by atomic mass is 32.2. The van der Waals surface area contributed by atoms with Gasteiger partial charge in [0.05, 0.1) is 11.5 Å². The van der Waals surface area contributed by atoms with E-state index in [4.69, 9.17) is 0 Å². The van der Waals surface area contributed by atoms with E-state index < -0.39 is 9.84 Å². The molecule has 21 heavy (non-hydrogen) atoms. The molecular weight excluding hydrogens is 288 g/mol. The number of phenolic OH excluding ortho intramolecular Hbond substituents is 1. The van der Waals surface area contributed by atoms with Crippen molar-refractivity contribution in [1.82, 2.24) is 5.32 Å². The predicted octanol–water partition coefficient (Wildman–Crippen LogP) is 1.69. The molecule has 0 aliphatic carbocycles. The first-order valence-corrected chi connectivity index (χ1v) is 9.27. The fourth-order valence-electron chi connectivity index (χ4n) is 2.71. The van der Waals surface area contributed by atoms with Crippen LogP contribution in [0, 0.1) is 0 Å². The molecule has 0 amide bonds. The summed E-state index contributed by atoms with van der Waals surface area (Å²) < 4.78 is 23.3. The van der Waals surface area contributed by atoms with Crippen LogP contribution in [-0.2, 0) is 9.84 Å². The maximum absolute atomic E-state index is 11.6. The van der Waals surface area contributed by atoms with Gasteiger partial charge in [-0.15, -0.1) is 0 Å². The molecule has 0 aromatic heterocycles. The molecule has 1 aromatic rings. The minimum absolute atomic E-state index is 0.0913. The van der Waals surface area contributed by atoms with E-state index in [1.54, 1.807) is 6.07 Å². The zero-order chi connectivity index (χ0) is 15.5. The first kappa shape index (κ1) is 16.1. The zero-order valence-corrected chi connectivity index (χ0v) is 13.5. The predicted molar refractivity (Wildman–Crippen MR) is 85.7 cm³/mol. The van der Waals surface area contributed by atoms with Gasteiger partial charge in [0, 0.05) is 36.4 Å². The van der Waals surface area contributed by atoms with Crippen molar-refractivity contribution in [3.05, 3.63) is 23.8 Å². The summed E-state index contributed by atoms with van der Waals surface area (Å²) in [7, 11) is -2.91. The van der Waals surface area contributed by atoms with E-state index in [2.05, 4.69) is 5.32 Å². The minimum atomic E-state index is -2.91. The van der Waals surface area contributed by atoms with E-state index in [9.17, 15) is 13.5 Å². The molecule has 5 nitrogen and oxygen atoms in total. The van der Waals surface area contributed by atoms with E-state index in [-0.39, 0.29) is 23.3 Å². The minimum Gasteiger partial charge on any atom is -0.508 e. The van der Waals surface area contributed by atoms with Crippen LogP contribution in [0.3, 0.4) is 0 Å². The van der Waals surface area contributed by atoms with Crippen LogP contribution >= 0.6 is 0 Å². The standard InChI is InChI=1S/C15H24N2O3S/c1-3-16-12(2)14-6-5-13(11-15(14)18)17-7-4-9-21(19,20)10-8-17/h5-6,11-12,16,18H,3-4,7-10H2,1-2H3. The Hall–Kier alpha value is -1.27. The molecule has 2 rings (SSSR count). The normalized spacial score (nSPS) is 20.0. The van der Waals surface area contributed by atoms with E-state index in [1.807, 2.05) is 30.9 Å². The number of rotatable bonds is 4. The summed E-state index contributed by atoms with van der Waals surface area (Å²) in [5, 5.41) is 13.5. The van der Waals surface area contributed by atoms with Crippen molar-refractivity contribution in [1.29, 1.82) is 0 Å². The van der Waals surface area contributed by atoms with Gasteiger partial charge >= 0.3 is 0 Å². The molecule has 1 saturated heterocycles. The Labute approximate surface area is 126 Å². The largest absolute Gasteiger partial charge is 0.508 e. The molecule has 1 heterocycles. The van der Waals surface area contributed by atoms with Crippen LogP contribution in [0.4, 0.5) is 5.69 Å².